The zero-order chi connectivity index (χ0) is 31.1. The number of alkyl carbamates (subject to hydrolysis) is 1. The Morgan fingerprint density at radius 3 is 2.09 bits per heavy atom. The van der Waals surface area contributed by atoms with Gasteiger partial charge in [-0.2, -0.15) is 5.26 Å². The van der Waals surface area contributed by atoms with E-state index in [0.29, 0.717) is 54.2 Å². The third-order valence-electron chi connectivity index (χ3n) is 6.62. The molecule has 2 amide bonds. The molecule has 12 heteroatoms. The number of ether oxygens (including phenoxy) is 3. The number of nitrogens with two attached hydrogens (primary N) is 1. The van der Waals surface area contributed by atoms with Crippen molar-refractivity contribution in [2.45, 2.75) is 58.1 Å². The van der Waals surface area contributed by atoms with Gasteiger partial charge in [0.05, 0.1) is 16.6 Å². The molecule has 1 aliphatic carbocycles. The van der Waals surface area contributed by atoms with Crippen molar-refractivity contribution in [3.05, 3.63) is 76.3 Å². The standard InChI is InChI=1S/C31H33N5O7/c1-31(2,3)43-30(38)35-21-8-6-20(7-9-21)29(37)34-22-14-25(41-23-10-4-19(18-32)5-11-23)16-26(15-22)42-24-12-13-28(36(39)40)27(33)17-24/h4-5,10-17,20-21H,6-9,33H2,1-3H3,(H,34,37)(H,35,38)/t20-,21-. The summed E-state index contributed by atoms with van der Waals surface area (Å²) < 4.78 is 17.2. The topological polar surface area (TPSA) is 179 Å². The van der Waals surface area contributed by atoms with Crippen molar-refractivity contribution in [2.24, 2.45) is 5.92 Å². The fraction of sp³-hybridized carbons (Fsp3) is 0.323. The zero-order valence-electron chi connectivity index (χ0n) is 24.1. The predicted octanol–water partition coefficient (Wildman–Crippen LogP) is 6.66. The minimum Gasteiger partial charge on any atom is -0.457 e. The van der Waals surface area contributed by atoms with Crippen LogP contribution in [0.1, 0.15) is 52.0 Å². The Bertz CT molecular complexity index is 1540. The number of anilines is 2. The molecule has 0 heterocycles. The Morgan fingerprint density at radius 1 is 0.930 bits per heavy atom. The van der Waals surface area contributed by atoms with E-state index in [9.17, 15) is 19.7 Å². The first-order chi connectivity index (χ1) is 20.4. The first-order valence-corrected chi connectivity index (χ1v) is 13.7. The molecule has 0 atom stereocenters. The van der Waals surface area contributed by atoms with Gasteiger partial charge in [-0.05, 0) is 76.8 Å². The Balaban J connectivity index is 1.48. The maximum atomic E-state index is 13.2. The number of nitro groups is 1. The third-order valence-corrected chi connectivity index (χ3v) is 6.62. The first-order valence-electron chi connectivity index (χ1n) is 13.7. The molecule has 4 N–H and O–H groups in total. The molecule has 1 fully saturated rings. The molecule has 43 heavy (non-hydrogen) atoms. The lowest BCUT2D eigenvalue weighted by molar-refractivity contribution is -0.383. The van der Waals surface area contributed by atoms with Crippen molar-refractivity contribution in [3.8, 4) is 29.1 Å². The number of carbonyl (C=O) groups excluding carboxylic acids is 2. The van der Waals surface area contributed by atoms with E-state index in [-0.39, 0.29) is 35.0 Å². The summed E-state index contributed by atoms with van der Waals surface area (Å²) in [4.78, 5) is 35.9. The largest absolute Gasteiger partial charge is 0.457 e. The molecule has 12 nitrogen and oxygen atoms in total. The van der Waals surface area contributed by atoms with Gasteiger partial charge in [-0.1, -0.05) is 0 Å². The number of nitrogens with zero attached hydrogens (tertiary/aromatic N) is 2. The van der Waals surface area contributed by atoms with Gasteiger partial charge in [-0.25, -0.2) is 4.79 Å². The Morgan fingerprint density at radius 2 is 1.53 bits per heavy atom. The smallest absolute Gasteiger partial charge is 0.407 e. The second-order valence-electron chi connectivity index (χ2n) is 11.2. The summed E-state index contributed by atoms with van der Waals surface area (Å²) in [6.07, 6.45) is 1.96. The van der Waals surface area contributed by atoms with Crippen LogP contribution in [-0.4, -0.2) is 28.6 Å². The van der Waals surface area contributed by atoms with Crippen LogP contribution in [0.5, 0.6) is 23.0 Å². The number of amides is 2. The quantitative estimate of drug-likeness (QED) is 0.148. The van der Waals surface area contributed by atoms with Crippen LogP contribution in [0.25, 0.3) is 0 Å². The van der Waals surface area contributed by atoms with Gasteiger partial charge >= 0.3 is 6.09 Å². The predicted molar refractivity (Wildman–Crippen MR) is 159 cm³/mol. The summed E-state index contributed by atoms with van der Waals surface area (Å²) in [6.45, 7) is 5.40. The third kappa shape index (κ3) is 8.84. The fourth-order valence-electron chi connectivity index (χ4n) is 4.61. The molecule has 0 unspecified atom stereocenters. The normalized spacial score (nSPS) is 16.3. The number of nitro benzene ring substituents is 1. The molecule has 0 radical (unpaired) electrons. The molecule has 4 rings (SSSR count). The first kappa shape index (κ1) is 30.6. The summed E-state index contributed by atoms with van der Waals surface area (Å²) in [5.74, 6) is 0.906. The van der Waals surface area contributed by atoms with Crippen LogP contribution >= 0.6 is 0 Å². The number of benzene rings is 3. The van der Waals surface area contributed by atoms with Crippen molar-refractivity contribution in [3.63, 3.8) is 0 Å². The van der Waals surface area contributed by atoms with Gasteiger partial charge in [0.15, 0.2) is 0 Å². The number of rotatable bonds is 8. The van der Waals surface area contributed by atoms with Crippen molar-refractivity contribution < 1.29 is 28.7 Å². The average molecular weight is 588 g/mol. The summed E-state index contributed by atoms with van der Waals surface area (Å²) >= 11 is 0. The lowest BCUT2D eigenvalue weighted by Gasteiger charge is -2.29. The van der Waals surface area contributed by atoms with E-state index in [1.807, 2.05) is 0 Å². The highest BCUT2D eigenvalue weighted by molar-refractivity contribution is 5.93. The highest BCUT2D eigenvalue weighted by Crippen LogP contribution is 2.35. The van der Waals surface area contributed by atoms with Crippen molar-refractivity contribution in [1.82, 2.24) is 5.32 Å². The second-order valence-corrected chi connectivity index (χ2v) is 11.2. The molecule has 3 aromatic carbocycles. The number of hydrogen-bond acceptors (Lipinski definition) is 9. The highest BCUT2D eigenvalue weighted by Gasteiger charge is 2.28. The molecule has 3 aromatic rings. The van der Waals surface area contributed by atoms with Crippen LogP contribution in [0.3, 0.4) is 0 Å². The highest BCUT2D eigenvalue weighted by atomic mass is 16.6. The Kier molecular flexibility index (Phi) is 9.35. The maximum absolute atomic E-state index is 13.2. The average Bonchev–Trinajstić information content (AvgIpc) is 2.92. The molecule has 1 saturated carbocycles. The van der Waals surface area contributed by atoms with E-state index >= 15 is 0 Å². The monoisotopic (exact) mass is 587 g/mol. The van der Waals surface area contributed by atoms with Crippen LogP contribution in [0.15, 0.2) is 60.7 Å². The van der Waals surface area contributed by atoms with Crippen molar-refractivity contribution >= 4 is 29.1 Å². The SMILES string of the molecule is CC(C)(C)OC(=O)N[C@H]1CC[C@H](C(=O)Nc2cc(Oc3ccc(C#N)cc3)cc(Oc3ccc([N+](=O)[O-])c(N)c3)c2)CC1. The van der Waals surface area contributed by atoms with Gasteiger partial charge in [0, 0.05) is 48.0 Å². The van der Waals surface area contributed by atoms with Gasteiger partial charge in [0.1, 0.15) is 34.3 Å². The Hall–Kier alpha value is -5.31. The number of nitrogen functional groups attached to an aromatic ring is 1. The van der Waals surface area contributed by atoms with E-state index in [1.54, 1.807) is 63.2 Å². The minimum atomic E-state index is -0.590. The van der Waals surface area contributed by atoms with Crippen LogP contribution in [0, 0.1) is 27.4 Å². The van der Waals surface area contributed by atoms with Crippen LogP contribution < -0.4 is 25.8 Å². The molecule has 1 aliphatic rings. The lowest BCUT2D eigenvalue weighted by atomic mass is 9.85. The van der Waals surface area contributed by atoms with E-state index < -0.39 is 16.6 Å². The maximum Gasteiger partial charge on any atom is 0.407 e. The molecular weight excluding hydrogens is 554 g/mol. The minimum absolute atomic E-state index is 0.0576. The number of nitriles is 1. The molecule has 0 saturated heterocycles. The van der Waals surface area contributed by atoms with Gasteiger partial charge in [0.25, 0.3) is 5.69 Å². The van der Waals surface area contributed by atoms with Crippen molar-refractivity contribution in [2.75, 3.05) is 11.1 Å². The molecular formula is C31H33N5O7. The number of nitrogens with one attached hydrogen (secondary N) is 2. The van der Waals surface area contributed by atoms with E-state index in [1.165, 1.54) is 18.2 Å². The summed E-state index contributed by atoms with van der Waals surface area (Å²) in [6, 6.07) is 17.4. The summed E-state index contributed by atoms with van der Waals surface area (Å²) in [7, 11) is 0. The zero-order valence-corrected chi connectivity index (χ0v) is 24.1. The van der Waals surface area contributed by atoms with Gasteiger partial charge < -0.3 is 30.6 Å². The van der Waals surface area contributed by atoms with Crippen LogP contribution in [-0.2, 0) is 9.53 Å². The van der Waals surface area contributed by atoms with Gasteiger partial charge in [-0.3, -0.25) is 14.9 Å². The molecule has 0 bridgehead atoms. The van der Waals surface area contributed by atoms with E-state index in [0.717, 1.165) is 0 Å². The summed E-state index contributed by atoms with van der Waals surface area (Å²) in [5.41, 5.74) is 5.82. The molecule has 0 aromatic heterocycles. The van der Waals surface area contributed by atoms with Crippen LogP contribution in [0.2, 0.25) is 0 Å². The number of carbonyl (C=O) groups is 2. The Labute approximate surface area is 248 Å². The van der Waals surface area contributed by atoms with E-state index in [4.69, 9.17) is 25.2 Å². The lowest BCUT2D eigenvalue weighted by Crippen LogP contribution is -2.42. The fourth-order valence-corrected chi connectivity index (χ4v) is 4.61. The molecule has 0 spiro atoms. The van der Waals surface area contributed by atoms with Crippen LogP contribution in [0.4, 0.5) is 21.9 Å². The van der Waals surface area contributed by atoms with Gasteiger partial charge in [0.2, 0.25) is 5.91 Å². The van der Waals surface area contributed by atoms with Gasteiger partial charge in [-0.15, -0.1) is 0 Å². The molecule has 0 aliphatic heterocycles. The van der Waals surface area contributed by atoms with E-state index in [2.05, 4.69) is 16.7 Å². The van der Waals surface area contributed by atoms with Crippen molar-refractivity contribution in [1.29, 1.82) is 5.26 Å². The molecule has 224 valence electrons. The number of hydrogen-bond donors (Lipinski definition) is 3. The summed E-state index contributed by atoms with van der Waals surface area (Å²) in [5, 5.41) is 26.0. The second kappa shape index (κ2) is 13.1.